The zero-order valence-electron chi connectivity index (χ0n) is 13.0. The smallest absolute Gasteiger partial charge is 0.320 e. The molecule has 2 heterocycles. The molecule has 4 heteroatoms. The molecule has 0 aromatic rings. The van der Waals surface area contributed by atoms with Gasteiger partial charge in [-0.2, -0.15) is 0 Å². The minimum Gasteiger partial charge on any atom is -0.324 e. The lowest BCUT2D eigenvalue weighted by molar-refractivity contribution is 0.0595. The second kappa shape index (κ2) is 5.70. The van der Waals surface area contributed by atoms with Gasteiger partial charge in [0.25, 0.3) is 0 Å². The maximum atomic E-state index is 12.5. The molecule has 19 heavy (non-hydrogen) atoms. The molecule has 0 radical (unpaired) electrons. The van der Waals surface area contributed by atoms with Crippen LogP contribution in [0, 0.1) is 5.92 Å². The van der Waals surface area contributed by atoms with Crippen molar-refractivity contribution >= 4 is 6.03 Å². The van der Waals surface area contributed by atoms with Crippen LogP contribution < -0.4 is 0 Å². The molecule has 1 atom stereocenters. The van der Waals surface area contributed by atoms with Crippen LogP contribution in [-0.2, 0) is 0 Å². The summed E-state index contributed by atoms with van der Waals surface area (Å²) in [5, 5.41) is 0. The van der Waals surface area contributed by atoms with Crippen molar-refractivity contribution in [3.8, 4) is 0 Å². The van der Waals surface area contributed by atoms with E-state index in [-0.39, 0.29) is 11.6 Å². The van der Waals surface area contributed by atoms with Crippen LogP contribution in [0.15, 0.2) is 0 Å². The molecule has 0 saturated carbocycles. The standard InChI is InChI=1S/C15H29N3O/c1-13-6-5-7-17(12-13)14(19)16-8-10-18(11-9-16)15(2,3)4/h13H,5-12H2,1-4H3. The van der Waals surface area contributed by atoms with Crippen molar-refractivity contribution in [3.63, 3.8) is 0 Å². The zero-order chi connectivity index (χ0) is 14.0. The fourth-order valence-electron chi connectivity index (χ4n) is 3.13. The Kier molecular flexibility index (Phi) is 4.39. The number of piperidine rings is 1. The molecule has 2 fully saturated rings. The largest absolute Gasteiger partial charge is 0.324 e. The summed E-state index contributed by atoms with van der Waals surface area (Å²) in [6.07, 6.45) is 2.43. The van der Waals surface area contributed by atoms with E-state index in [9.17, 15) is 4.79 Å². The molecule has 0 aromatic heterocycles. The lowest BCUT2D eigenvalue weighted by Crippen LogP contribution is -2.57. The minimum atomic E-state index is 0.217. The zero-order valence-corrected chi connectivity index (χ0v) is 13.0. The van der Waals surface area contributed by atoms with Crippen molar-refractivity contribution in [2.75, 3.05) is 39.3 Å². The second-order valence-electron chi connectivity index (χ2n) is 7.12. The number of piperazine rings is 1. The predicted molar refractivity (Wildman–Crippen MR) is 78.3 cm³/mol. The molecule has 2 amide bonds. The van der Waals surface area contributed by atoms with E-state index in [0.29, 0.717) is 5.92 Å². The van der Waals surface area contributed by atoms with Crippen molar-refractivity contribution in [1.82, 2.24) is 14.7 Å². The molecule has 0 aromatic carbocycles. The number of carbonyl (C=O) groups excluding carboxylic acids is 1. The lowest BCUT2D eigenvalue weighted by atomic mass is 10.0. The summed E-state index contributed by atoms with van der Waals surface area (Å²) < 4.78 is 0. The SMILES string of the molecule is CC1CCCN(C(=O)N2CCN(C(C)(C)C)CC2)C1. The van der Waals surface area contributed by atoms with Gasteiger partial charge in [0.2, 0.25) is 0 Å². The summed E-state index contributed by atoms with van der Waals surface area (Å²) in [5.41, 5.74) is 0.217. The maximum Gasteiger partial charge on any atom is 0.320 e. The van der Waals surface area contributed by atoms with E-state index in [4.69, 9.17) is 0 Å². The molecule has 2 aliphatic rings. The van der Waals surface area contributed by atoms with E-state index >= 15 is 0 Å². The summed E-state index contributed by atoms with van der Waals surface area (Å²) in [5.74, 6) is 0.661. The molecule has 1 unspecified atom stereocenters. The summed E-state index contributed by atoms with van der Waals surface area (Å²) in [6.45, 7) is 14.6. The van der Waals surface area contributed by atoms with E-state index in [0.717, 1.165) is 45.7 Å². The number of likely N-dealkylation sites (tertiary alicyclic amines) is 1. The van der Waals surface area contributed by atoms with Crippen LogP contribution >= 0.6 is 0 Å². The van der Waals surface area contributed by atoms with Crippen molar-refractivity contribution in [3.05, 3.63) is 0 Å². The molecule has 4 nitrogen and oxygen atoms in total. The third kappa shape index (κ3) is 3.62. The number of hydrogen-bond donors (Lipinski definition) is 0. The van der Waals surface area contributed by atoms with Gasteiger partial charge in [-0.05, 0) is 39.5 Å². The summed E-state index contributed by atoms with van der Waals surface area (Å²) in [4.78, 5) is 19.1. The summed E-state index contributed by atoms with van der Waals surface area (Å²) >= 11 is 0. The quantitative estimate of drug-likeness (QED) is 0.673. The normalized spacial score (nSPS) is 26.6. The average Bonchev–Trinajstić information content (AvgIpc) is 2.37. The van der Waals surface area contributed by atoms with Crippen LogP contribution in [0.1, 0.15) is 40.5 Å². The van der Waals surface area contributed by atoms with Crippen molar-refractivity contribution in [1.29, 1.82) is 0 Å². The van der Waals surface area contributed by atoms with Crippen molar-refractivity contribution in [2.45, 2.75) is 46.1 Å². The number of amides is 2. The Bertz CT molecular complexity index is 316. The van der Waals surface area contributed by atoms with Gasteiger partial charge in [-0.3, -0.25) is 4.90 Å². The molecule has 2 rings (SSSR count). The fourth-order valence-corrected chi connectivity index (χ4v) is 3.13. The van der Waals surface area contributed by atoms with E-state index in [1.807, 2.05) is 4.90 Å². The second-order valence-corrected chi connectivity index (χ2v) is 7.12. The first kappa shape index (κ1) is 14.6. The molecule has 2 aliphatic heterocycles. The third-order valence-electron chi connectivity index (χ3n) is 4.43. The number of rotatable bonds is 0. The van der Waals surface area contributed by atoms with E-state index in [2.05, 4.69) is 37.5 Å². The van der Waals surface area contributed by atoms with E-state index in [1.165, 1.54) is 6.42 Å². The molecule has 110 valence electrons. The van der Waals surface area contributed by atoms with Gasteiger partial charge in [0.1, 0.15) is 0 Å². The first-order valence-corrected chi connectivity index (χ1v) is 7.67. The van der Waals surface area contributed by atoms with Gasteiger partial charge < -0.3 is 9.80 Å². The molecule has 0 aliphatic carbocycles. The number of urea groups is 1. The van der Waals surface area contributed by atoms with Gasteiger partial charge in [0, 0.05) is 44.8 Å². The highest BCUT2D eigenvalue weighted by Crippen LogP contribution is 2.19. The monoisotopic (exact) mass is 267 g/mol. The first-order valence-electron chi connectivity index (χ1n) is 7.67. The molecule has 2 saturated heterocycles. The van der Waals surface area contributed by atoms with Gasteiger partial charge in [0.15, 0.2) is 0 Å². The minimum absolute atomic E-state index is 0.217. The Labute approximate surface area is 117 Å². The van der Waals surface area contributed by atoms with Crippen LogP contribution in [0.2, 0.25) is 0 Å². The van der Waals surface area contributed by atoms with E-state index < -0.39 is 0 Å². The van der Waals surface area contributed by atoms with Crippen LogP contribution in [0.5, 0.6) is 0 Å². The Hall–Kier alpha value is -0.770. The topological polar surface area (TPSA) is 26.8 Å². The van der Waals surface area contributed by atoms with Gasteiger partial charge in [0.05, 0.1) is 0 Å². The van der Waals surface area contributed by atoms with Gasteiger partial charge in [-0.15, -0.1) is 0 Å². The van der Waals surface area contributed by atoms with Crippen LogP contribution in [-0.4, -0.2) is 65.5 Å². The highest BCUT2D eigenvalue weighted by atomic mass is 16.2. The Morgan fingerprint density at radius 1 is 1.00 bits per heavy atom. The number of hydrogen-bond acceptors (Lipinski definition) is 2. The van der Waals surface area contributed by atoms with Crippen molar-refractivity contribution in [2.24, 2.45) is 5.92 Å². The van der Waals surface area contributed by atoms with Crippen LogP contribution in [0.25, 0.3) is 0 Å². The Morgan fingerprint density at radius 2 is 1.63 bits per heavy atom. The van der Waals surface area contributed by atoms with Gasteiger partial charge >= 0.3 is 6.03 Å². The number of nitrogens with zero attached hydrogens (tertiary/aromatic N) is 3. The fraction of sp³-hybridized carbons (Fsp3) is 0.933. The highest BCUT2D eigenvalue weighted by Gasteiger charge is 2.30. The average molecular weight is 267 g/mol. The van der Waals surface area contributed by atoms with E-state index in [1.54, 1.807) is 0 Å². The van der Waals surface area contributed by atoms with Crippen LogP contribution in [0.3, 0.4) is 0 Å². The molecule has 0 bridgehead atoms. The first-order chi connectivity index (χ1) is 8.88. The molecular formula is C15H29N3O. The summed E-state index contributed by atoms with van der Waals surface area (Å²) in [6, 6.07) is 0.264. The maximum absolute atomic E-state index is 12.5. The van der Waals surface area contributed by atoms with Crippen molar-refractivity contribution < 1.29 is 4.79 Å². The predicted octanol–water partition coefficient (Wildman–Crippen LogP) is 2.25. The Morgan fingerprint density at radius 3 is 2.16 bits per heavy atom. The molecule has 0 spiro atoms. The third-order valence-corrected chi connectivity index (χ3v) is 4.43. The van der Waals surface area contributed by atoms with Crippen LogP contribution in [0.4, 0.5) is 4.79 Å². The Balaban J connectivity index is 1.85. The number of carbonyl (C=O) groups is 1. The molecular weight excluding hydrogens is 238 g/mol. The summed E-state index contributed by atoms with van der Waals surface area (Å²) in [7, 11) is 0. The molecule has 0 N–H and O–H groups in total. The van der Waals surface area contributed by atoms with Gasteiger partial charge in [-0.25, -0.2) is 4.79 Å². The highest BCUT2D eigenvalue weighted by molar-refractivity contribution is 5.74. The lowest BCUT2D eigenvalue weighted by Gasteiger charge is -2.44. The van der Waals surface area contributed by atoms with Gasteiger partial charge in [-0.1, -0.05) is 6.92 Å².